The fourth-order valence-corrected chi connectivity index (χ4v) is 1.02. The van der Waals surface area contributed by atoms with E-state index in [1.165, 1.54) is 12.1 Å². The maximum absolute atomic E-state index is 10.8. The fraction of sp³-hybridized carbons (Fsp3) is 0.125. The first-order chi connectivity index (χ1) is 5.77. The lowest BCUT2D eigenvalue weighted by atomic mass is 10.2. The average Bonchev–Trinajstić information content (AvgIpc) is 2.07. The average molecular weight is 164 g/mol. The van der Waals surface area contributed by atoms with Crippen molar-refractivity contribution in [2.75, 3.05) is 11.9 Å². The lowest BCUT2D eigenvalue weighted by Crippen LogP contribution is -2.25. The van der Waals surface area contributed by atoms with Gasteiger partial charge in [-0.3, -0.25) is 4.79 Å². The SMILES string of the molecule is O=C1COc2[c]ccc(O)c2N1. The quantitative estimate of drug-likeness (QED) is 0.549. The van der Waals surface area contributed by atoms with Crippen LogP contribution in [0.25, 0.3) is 0 Å². The molecule has 0 atom stereocenters. The van der Waals surface area contributed by atoms with Gasteiger partial charge in [-0.1, -0.05) is 0 Å². The highest BCUT2D eigenvalue weighted by Gasteiger charge is 2.18. The summed E-state index contributed by atoms with van der Waals surface area (Å²) in [7, 11) is 0. The van der Waals surface area contributed by atoms with Gasteiger partial charge >= 0.3 is 0 Å². The van der Waals surface area contributed by atoms with Crippen LogP contribution in [0.1, 0.15) is 0 Å². The van der Waals surface area contributed by atoms with Crippen LogP contribution in [0, 0.1) is 6.07 Å². The molecular weight excluding hydrogens is 158 g/mol. The molecule has 2 rings (SSSR count). The van der Waals surface area contributed by atoms with Crippen molar-refractivity contribution in [2.24, 2.45) is 0 Å². The van der Waals surface area contributed by atoms with Gasteiger partial charge < -0.3 is 15.2 Å². The predicted octanol–water partition coefficient (Wildman–Crippen LogP) is 0.523. The second-order valence-electron chi connectivity index (χ2n) is 2.40. The normalized spacial score (nSPS) is 14.5. The number of phenolic OH excluding ortho intramolecular Hbond substituents is 1. The number of hydrogen-bond donors (Lipinski definition) is 2. The first-order valence-corrected chi connectivity index (χ1v) is 3.43. The van der Waals surface area contributed by atoms with E-state index in [0.29, 0.717) is 11.4 Å². The first kappa shape index (κ1) is 6.97. The van der Waals surface area contributed by atoms with Gasteiger partial charge in [0.15, 0.2) is 12.4 Å². The van der Waals surface area contributed by atoms with Gasteiger partial charge in [-0.2, -0.15) is 0 Å². The van der Waals surface area contributed by atoms with E-state index in [1.54, 1.807) is 0 Å². The number of benzene rings is 1. The molecule has 1 heterocycles. The monoisotopic (exact) mass is 164 g/mol. The molecule has 0 aliphatic carbocycles. The van der Waals surface area contributed by atoms with Gasteiger partial charge in [0.25, 0.3) is 5.91 Å². The molecule has 0 bridgehead atoms. The topological polar surface area (TPSA) is 58.6 Å². The van der Waals surface area contributed by atoms with Crippen LogP contribution >= 0.6 is 0 Å². The van der Waals surface area contributed by atoms with Crippen LogP contribution in [-0.2, 0) is 4.79 Å². The van der Waals surface area contributed by atoms with E-state index in [1.807, 2.05) is 0 Å². The molecule has 12 heavy (non-hydrogen) atoms. The van der Waals surface area contributed by atoms with Crippen molar-refractivity contribution in [3.63, 3.8) is 0 Å². The van der Waals surface area contributed by atoms with Gasteiger partial charge in [-0.05, 0) is 12.1 Å². The zero-order valence-corrected chi connectivity index (χ0v) is 6.13. The summed E-state index contributed by atoms with van der Waals surface area (Å²) in [6.45, 7) is -0.0209. The zero-order valence-electron chi connectivity index (χ0n) is 6.13. The van der Waals surface area contributed by atoms with E-state index in [2.05, 4.69) is 11.4 Å². The molecule has 0 fully saturated rings. The van der Waals surface area contributed by atoms with Gasteiger partial charge in [0.2, 0.25) is 0 Å². The second-order valence-corrected chi connectivity index (χ2v) is 2.40. The lowest BCUT2D eigenvalue weighted by molar-refractivity contribution is -0.118. The van der Waals surface area contributed by atoms with Crippen molar-refractivity contribution in [3.8, 4) is 11.5 Å². The minimum atomic E-state index is -0.266. The molecule has 1 aliphatic rings. The van der Waals surface area contributed by atoms with Crippen LogP contribution < -0.4 is 10.1 Å². The second kappa shape index (κ2) is 2.41. The highest BCUT2D eigenvalue weighted by atomic mass is 16.5. The Morgan fingerprint density at radius 1 is 1.67 bits per heavy atom. The van der Waals surface area contributed by atoms with Crippen LogP contribution in [0.5, 0.6) is 11.5 Å². The summed E-state index contributed by atoms with van der Waals surface area (Å²) in [6.07, 6.45) is 0. The first-order valence-electron chi connectivity index (χ1n) is 3.43. The molecule has 4 nitrogen and oxygen atoms in total. The molecule has 0 unspecified atom stereocenters. The van der Waals surface area contributed by atoms with Crippen LogP contribution in [0.2, 0.25) is 0 Å². The van der Waals surface area contributed by atoms with Crippen molar-refractivity contribution in [2.45, 2.75) is 0 Å². The summed E-state index contributed by atoms with van der Waals surface area (Å²) in [6, 6.07) is 5.72. The Hall–Kier alpha value is -1.71. The fourth-order valence-electron chi connectivity index (χ4n) is 1.02. The van der Waals surface area contributed by atoms with Crippen molar-refractivity contribution in [3.05, 3.63) is 18.2 Å². The molecule has 1 aliphatic heterocycles. The smallest absolute Gasteiger partial charge is 0.262 e. The van der Waals surface area contributed by atoms with E-state index >= 15 is 0 Å². The summed E-state index contributed by atoms with van der Waals surface area (Å²) in [5.41, 5.74) is 0.300. The minimum Gasteiger partial charge on any atom is -0.506 e. The number of carbonyl (C=O) groups excluding carboxylic acids is 1. The number of rotatable bonds is 0. The van der Waals surface area contributed by atoms with Gasteiger partial charge in [-0.25, -0.2) is 0 Å². The van der Waals surface area contributed by atoms with Crippen LogP contribution in [0.3, 0.4) is 0 Å². The molecule has 1 amide bonds. The van der Waals surface area contributed by atoms with Gasteiger partial charge in [0.1, 0.15) is 11.4 Å². The largest absolute Gasteiger partial charge is 0.506 e. The molecule has 1 aromatic carbocycles. The number of phenols is 1. The summed E-state index contributed by atoms with van der Waals surface area (Å²) in [4.78, 5) is 10.8. The summed E-state index contributed by atoms with van der Waals surface area (Å²) in [5.74, 6) is 0.115. The molecule has 1 radical (unpaired) electrons. The number of amides is 1. The number of anilines is 1. The Morgan fingerprint density at radius 2 is 2.50 bits per heavy atom. The van der Waals surface area contributed by atoms with Crippen LogP contribution in [0.4, 0.5) is 5.69 Å². The highest BCUT2D eigenvalue weighted by molar-refractivity contribution is 5.96. The van der Waals surface area contributed by atoms with E-state index in [0.717, 1.165) is 0 Å². The Bertz CT molecular complexity index is 335. The number of nitrogens with one attached hydrogen (secondary N) is 1. The number of carbonyl (C=O) groups is 1. The van der Waals surface area contributed by atoms with Gasteiger partial charge in [-0.15, -0.1) is 0 Å². The molecule has 0 saturated heterocycles. The van der Waals surface area contributed by atoms with Crippen LogP contribution in [0.15, 0.2) is 12.1 Å². The summed E-state index contributed by atoms with van der Waals surface area (Å²) < 4.78 is 4.99. The summed E-state index contributed by atoms with van der Waals surface area (Å²) in [5, 5.41) is 11.7. The third-order valence-corrected chi connectivity index (χ3v) is 1.55. The van der Waals surface area contributed by atoms with Gasteiger partial charge in [0.05, 0.1) is 0 Å². The van der Waals surface area contributed by atoms with Crippen LogP contribution in [-0.4, -0.2) is 17.6 Å². The molecule has 2 N–H and O–H groups in total. The third-order valence-electron chi connectivity index (χ3n) is 1.55. The third kappa shape index (κ3) is 0.972. The standard InChI is InChI=1S/C8H6NO3/c10-5-2-1-3-6-8(5)9-7(11)4-12-6/h1-2,10H,4H2,(H,9,11). The number of fused-ring (bicyclic) bond motifs is 1. The van der Waals surface area contributed by atoms with Crippen molar-refractivity contribution < 1.29 is 14.6 Å². The Labute approximate surface area is 68.8 Å². The molecule has 4 heteroatoms. The van der Waals surface area contributed by atoms with Crippen molar-refractivity contribution in [1.82, 2.24) is 0 Å². The number of aromatic hydroxyl groups is 1. The Balaban J connectivity index is 2.50. The van der Waals surface area contributed by atoms with E-state index in [-0.39, 0.29) is 18.3 Å². The summed E-state index contributed by atoms with van der Waals surface area (Å²) >= 11 is 0. The van der Waals surface area contributed by atoms with E-state index in [4.69, 9.17) is 4.74 Å². The highest BCUT2D eigenvalue weighted by Crippen LogP contribution is 2.34. The molecule has 61 valence electrons. The number of ether oxygens (including phenoxy) is 1. The molecular formula is C8H6NO3. The van der Waals surface area contributed by atoms with Crippen molar-refractivity contribution in [1.29, 1.82) is 0 Å². The molecule has 0 saturated carbocycles. The minimum absolute atomic E-state index is 0.00296. The predicted molar refractivity (Wildman–Crippen MR) is 41.1 cm³/mol. The van der Waals surface area contributed by atoms with Gasteiger partial charge in [0, 0.05) is 6.07 Å². The lowest BCUT2D eigenvalue weighted by Gasteiger charge is -2.17. The molecule has 0 spiro atoms. The number of hydrogen-bond acceptors (Lipinski definition) is 3. The van der Waals surface area contributed by atoms with E-state index < -0.39 is 0 Å². The molecule has 0 aromatic heterocycles. The van der Waals surface area contributed by atoms with E-state index in [9.17, 15) is 9.90 Å². The molecule has 1 aromatic rings. The Kier molecular flexibility index (Phi) is 1.40. The maximum Gasteiger partial charge on any atom is 0.262 e. The maximum atomic E-state index is 10.8. The van der Waals surface area contributed by atoms with Crippen molar-refractivity contribution >= 4 is 11.6 Å². The Morgan fingerprint density at radius 3 is 3.33 bits per heavy atom. The zero-order chi connectivity index (χ0) is 8.55.